The van der Waals surface area contributed by atoms with Crippen molar-refractivity contribution in [3.8, 4) is 0 Å². The van der Waals surface area contributed by atoms with Gasteiger partial charge in [0.25, 0.3) is 0 Å². The van der Waals surface area contributed by atoms with Crippen molar-refractivity contribution >= 4 is 29.1 Å². The summed E-state index contributed by atoms with van der Waals surface area (Å²) in [5, 5.41) is 3.26. The van der Waals surface area contributed by atoms with Crippen LogP contribution in [0, 0.1) is 0 Å². The van der Waals surface area contributed by atoms with Gasteiger partial charge in [-0.3, -0.25) is 0 Å². The molecule has 0 radical (unpaired) electrons. The van der Waals surface area contributed by atoms with Crippen LogP contribution in [0.4, 0.5) is 23.1 Å². The fraction of sp³-hybridized carbons (Fsp3) is 0.190. The fourth-order valence-corrected chi connectivity index (χ4v) is 3.15. The number of carbonyl (C=O) groups is 1. The van der Waals surface area contributed by atoms with Gasteiger partial charge in [-0.1, -0.05) is 18.2 Å². The molecule has 1 aliphatic rings. The van der Waals surface area contributed by atoms with E-state index in [4.69, 9.17) is 4.74 Å². The first-order valence-electron chi connectivity index (χ1n) is 8.97. The number of rotatable bonds is 5. The van der Waals surface area contributed by atoms with Gasteiger partial charge in [0.05, 0.1) is 12.2 Å². The van der Waals surface area contributed by atoms with E-state index in [1.54, 1.807) is 25.3 Å². The number of nitrogens with zero attached hydrogens (tertiary/aromatic N) is 3. The van der Waals surface area contributed by atoms with Gasteiger partial charge in [0.2, 0.25) is 5.95 Å². The summed E-state index contributed by atoms with van der Waals surface area (Å²) in [6, 6.07) is 17.3. The van der Waals surface area contributed by atoms with Gasteiger partial charge in [0.1, 0.15) is 5.82 Å². The van der Waals surface area contributed by atoms with E-state index in [1.165, 1.54) is 5.56 Å². The molecule has 136 valence electrons. The molecule has 6 heteroatoms. The Balaban J connectivity index is 1.51. The average Bonchev–Trinajstić information content (AvgIpc) is 3.13. The monoisotopic (exact) mass is 360 g/mol. The van der Waals surface area contributed by atoms with Crippen LogP contribution in [-0.2, 0) is 11.2 Å². The SMILES string of the molecule is CCOC(=O)c1ccc(Nc2ccnc(N3CCc4ccccc43)n2)cc1. The van der Waals surface area contributed by atoms with Crippen LogP contribution < -0.4 is 10.2 Å². The molecule has 0 aliphatic carbocycles. The highest BCUT2D eigenvalue weighted by Crippen LogP contribution is 2.32. The molecule has 0 fully saturated rings. The number of nitrogens with one attached hydrogen (secondary N) is 1. The maximum absolute atomic E-state index is 11.7. The Morgan fingerprint density at radius 2 is 1.96 bits per heavy atom. The maximum Gasteiger partial charge on any atom is 0.338 e. The largest absolute Gasteiger partial charge is 0.462 e. The van der Waals surface area contributed by atoms with Crippen LogP contribution in [0.1, 0.15) is 22.8 Å². The van der Waals surface area contributed by atoms with E-state index >= 15 is 0 Å². The van der Waals surface area contributed by atoms with Crippen molar-refractivity contribution in [1.82, 2.24) is 9.97 Å². The molecule has 2 heterocycles. The van der Waals surface area contributed by atoms with Gasteiger partial charge < -0.3 is 15.0 Å². The molecule has 27 heavy (non-hydrogen) atoms. The second-order valence-electron chi connectivity index (χ2n) is 6.20. The summed E-state index contributed by atoms with van der Waals surface area (Å²) < 4.78 is 5.00. The molecule has 0 unspecified atom stereocenters. The van der Waals surface area contributed by atoms with Crippen molar-refractivity contribution in [3.05, 3.63) is 71.9 Å². The van der Waals surface area contributed by atoms with Crippen LogP contribution in [-0.4, -0.2) is 29.1 Å². The van der Waals surface area contributed by atoms with Gasteiger partial charge in [0, 0.05) is 24.1 Å². The summed E-state index contributed by atoms with van der Waals surface area (Å²) in [6.07, 6.45) is 2.74. The number of hydrogen-bond acceptors (Lipinski definition) is 6. The average molecular weight is 360 g/mol. The topological polar surface area (TPSA) is 67.3 Å². The number of carbonyl (C=O) groups excluding carboxylic acids is 1. The molecule has 1 N–H and O–H groups in total. The highest BCUT2D eigenvalue weighted by atomic mass is 16.5. The number of para-hydroxylation sites is 1. The zero-order valence-electron chi connectivity index (χ0n) is 15.1. The lowest BCUT2D eigenvalue weighted by Crippen LogP contribution is -2.16. The zero-order valence-corrected chi connectivity index (χ0v) is 15.1. The zero-order chi connectivity index (χ0) is 18.6. The van der Waals surface area contributed by atoms with Gasteiger partial charge in [-0.15, -0.1) is 0 Å². The summed E-state index contributed by atoms with van der Waals surface area (Å²) in [6.45, 7) is 3.03. The Hall–Kier alpha value is -3.41. The third-order valence-corrected chi connectivity index (χ3v) is 4.44. The van der Waals surface area contributed by atoms with E-state index in [2.05, 4.69) is 38.4 Å². The molecule has 1 aliphatic heterocycles. The van der Waals surface area contributed by atoms with Crippen LogP contribution in [0.3, 0.4) is 0 Å². The van der Waals surface area contributed by atoms with Crippen molar-refractivity contribution in [1.29, 1.82) is 0 Å². The molecule has 6 nitrogen and oxygen atoms in total. The van der Waals surface area contributed by atoms with Crippen LogP contribution in [0.2, 0.25) is 0 Å². The highest BCUT2D eigenvalue weighted by Gasteiger charge is 2.21. The van der Waals surface area contributed by atoms with Crippen molar-refractivity contribution in [3.63, 3.8) is 0 Å². The van der Waals surface area contributed by atoms with E-state index in [9.17, 15) is 4.79 Å². The summed E-state index contributed by atoms with van der Waals surface area (Å²) >= 11 is 0. The number of anilines is 4. The molecule has 0 spiro atoms. The van der Waals surface area contributed by atoms with E-state index in [-0.39, 0.29) is 5.97 Å². The molecule has 1 aromatic heterocycles. The minimum Gasteiger partial charge on any atom is -0.462 e. The van der Waals surface area contributed by atoms with Crippen molar-refractivity contribution in [2.75, 3.05) is 23.4 Å². The number of ether oxygens (including phenoxy) is 1. The second-order valence-corrected chi connectivity index (χ2v) is 6.20. The third-order valence-electron chi connectivity index (χ3n) is 4.44. The minimum atomic E-state index is -0.318. The number of fused-ring (bicyclic) bond motifs is 1. The molecule has 3 aromatic rings. The van der Waals surface area contributed by atoms with Crippen molar-refractivity contribution < 1.29 is 9.53 Å². The number of aromatic nitrogens is 2. The van der Waals surface area contributed by atoms with Gasteiger partial charge in [-0.25, -0.2) is 9.78 Å². The van der Waals surface area contributed by atoms with E-state index in [0.29, 0.717) is 23.9 Å². The molecule has 0 bridgehead atoms. The van der Waals surface area contributed by atoms with Crippen molar-refractivity contribution in [2.45, 2.75) is 13.3 Å². The van der Waals surface area contributed by atoms with E-state index in [1.807, 2.05) is 24.3 Å². The Morgan fingerprint density at radius 3 is 2.78 bits per heavy atom. The van der Waals surface area contributed by atoms with Gasteiger partial charge in [0.15, 0.2) is 0 Å². The Bertz CT molecular complexity index is 956. The normalized spacial score (nSPS) is 12.6. The molecule has 4 rings (SSSR count). The van der Waals surface area contributed by atoms with Gasteiger partial charge >= 0.3 is 5.97 Å². The molecule has 0 amide bonds. The van der Waals surface area contributed by atoms with Gasteiger partial charge in [-0.2, -0.15) is 4.98 Å². The lowest BCUT2D eigenvalue weighted by molar-refractivity contribution is 0.0526. The summed E-state index contributed by atoms with van der Waals surface area (Å²) in [4.78, 5) is 22.9. The van der Waals surface area contributed by atoms with Crippen LogP contribution in [0.5, 0.6) is 0 Å². The van der Waals surface area contributed by atoms with E-state index in [0.717, 1.165) is 24.3 Å². The molecule has 2 aromatic carbocycles. The van der Waals surface area contributed by atoms with Crippen LogP contribution in [0.15, 0.2) is 60.8 Å². The second kappa shape index (κ2) is 7.45. The first-order valence-corrected chi connectivity index (χ1v) is 8.97. The number of esters is 1. The first-order chi connectivity index (χ1) is 13.2. The molecule has 0 atom stereocenters. The van der Waals surface area contributed by atoms with Crippen LogP contribution in [0.25, 0.3) is 0 Å². The lowest BCUT2D eigenvalue weighted by atomic mass is 10.2. The van der Waals surface area contributed by atoms with Crippen LogP contribution >= 0.6 is 0 Å². The fourth-order valence-electron chi connectivity index (χ4n) is 3.15. The quantitative estimate of drug-likeness (QED) is 0.691. The Labute approximate surface area is 157 Å². The predicted molar refractivity (Wildman–Crippen MR) is 105 cm³/mol. The van der Waals surface area contributed by atoms with Gasteiger partial charge in [-0.05, 0) is 55.3 Å². The summed E-state index contributed by atoms with van der Waals surface area (Å²) in [5.74, 6) is 1.06. The highest BCUT2D eigenvalue weighted by molar-refractivity contribution is 5.89. The Morgan fingerprint density at radius 1 is 1.15 bits per heavy atom. The number of hydrogen-bond donors (Lipinski definition) is 1. The predicted octanol–water partition coefficient (Wildman–Crippen LogP) is 4.09. The smallest absolute Gasteiger partial charge is 0.338 e. The van der Waals surface area contributed by atoms with Crippen molar-refractivity contribution in [2.24, 2.45) is 0 Å². The summed E-state index contributed by atoms with van der Waals surface area (Å²) in [7, 11) is 0. The minimum absolute atomic E-state index is 0.318. The standard InChI is InChI=1S/C21H20N4O2/c1-2-27-20(26)16-7-9-17(10-8-16)23-19-11-13-22-21(24-19)25-14-12-15-5-3-4-6-18(15)25/h3-11,13H,2,12,14H2,1H3,(H,22,23,24). The maximum atomic E-state index is 11.7. The third kappa shape index (κ3) is 3.60. The molecule has 0 saturated carbocycles. The number of benzene rings is 2. The van der Waals surface area contributed by atoms with E-state index < -0.39 is 0 Å². The lowest BCUT2D eigenvalue weighted by Gasteiger charge is -2.17. The molecular formula is C21H20N4O2. The molecular weight excluding hydrogens is 340 g/mol. The summed E-state index contributed by atoms with van der Waals surface area (Å²) in [5.41, 5.74) is 3.84. The molecule has 0 saturated heterocycles. The Kier molecular flexibility index (Phi) is 4.70. The first kappa shape index (κ1) is 17.0.